The summed E-state index contributed by atoms with van der Waals surface area (Å²) >= 11 is 11.6. The number of nitrogens with zero attached hydrogens (tertiary/aromatic N) is 2. The smallest absolute Gasteiger partial charge is 0.447 e. The summed E-state index contributed by atoms with van der Waals surface area (Å²) in [4.78, 5) is 67.8. The molecule has 6 aromatic rings. The van der Waals surface area contributed by atoms with Crippen LogP contribution in [0.4, 0.5) is 0 Å². The van der Waals surface area contributed by atoms with E-state index in [1.54, 1.807) is 54.6 Å². The van der Waals surface area contributed by atoms with Gasteiger partial charge >= 0.3 is 32.7 Å². The molecule has 0 aliphatic heterocycles. The van der Waals surface area contributed by atoms with Gasteiger partial charge in [0, 0.05) is 40.3 Å². The number of aldehydes is 1. The van der Waals surface area contributed by atoms with Crippen molar-refractivity contribution in [3.8, 4) is 0 Å². The van der Waals surface area contributed by atoms with Gasteiger partial charge in [0.05, 0.1) is 5.39 Å². The molecule has 0 bridgehead atoms. The Balaban J connectivity index is 0.000000249. The van der Waals surface area contributed by atoms with E-state index >= 15 is 0 Å². The SMILES string of the molecule is O=Cc1cnc2occ(C(=O)NCc3ccc(Cl)cc3)c(=O)c2c1.[CH2-]COC[CH2-].[CH2-]c1cnc2occ(C(=O)NCc3ccc(Cl)cc3)c(=O)c2c1.[Y+3]. The van der Waals surface area contributed by atoms with Crippen LogP contribution in [0.2, 0.25) is 10.0 Å². The number of carbonyl (C=O) groups excluding carboxylic acids is 3. The van der Waals surface area contributed by atoms with Crippen molar-refractivity contribution >= 4 is 63.5 Å². The average Bonchev–Trinajstić information content (AvgIpc) is 3.15. The summed E-state index contributed by atoms with van der Waals surface area (Å²) in [5, 5.41) is 6.84. The molecular formula is C38H31Cl2N4O8Y. The zero-order chi connectivity index (χ0) is 37.6. The molecule has 4 heterocycles. The standard InChI is InChI=1S/C17H11ClN2O4.C17H12ClN2O3.C4H8O.Y/c18-12-3-1-10(2-4-12)6-19-16(23)14-9-24-17-13(15(14)22)5-11(8-21)7-20-17;1-10-6-13-15(21)14(9-23-17(13)20-7-10)16(22)19-8-11-2-4-12(18)5-3-11;1-3-5-4-2;/h1-5,7-9H,6H2,(H,19,23);2-7,9H,1,8H2,(H,19,22);1-4H2;/q;-1;-2;+3. The summed E-state index contributed by atoms with van der Waals surface area (Å²) in [5.41, 5.74) is 1.56. The quantitative estimate of drug-likeness (QED) is 0.126. The number of ether oxygens (including phenoxy) is 1. The van der Waals surface area contributed by atoms with E-state index in [1.165, 1.54) is 18.5 Å². The van der Waals surface area contributed by atoms with Crippen molar-refractivity contribution in [2.75, 3.05) is 13.2 Å². The normalized spacial score (nSPS) is 10.2. The molecule has 12 nitrogen and oxygen atoms in total. The van der Waals surface area contributed by atoms with Gasteiger partial charge in [-0.2, -0.15) is 12.5 Å². The van der Waals surface area contributed by atoms with Crippen LogP contribution in [0.3, 0.4) is 0 Å². The molecule has 0 unspecified atom stereocenters. The van der Waals surface area contributed by atoms with Crippen molar-refractivity contribution < 1.29 is 60.7 Å². The number of hydrogen-bond acceptors (Lipinski definition) is 10. The molecule has 0 aliphatic rings. The minimum Gasteiger partial charge on any atom is -0.447 e. The van der Waals surface area contributed by atoms with Crippen molar-refractivity contribution in [2.24, 2.45) is 0 Å². The summed E-state index contributed by atoms with van der Waals surface area (Å²) in [7, 11) is 0. The average molecular weight is 831 g/mol. The molecule has 268 valence electrons. The van der Waals surface area contributed by atoms with E-state index in [-0.39, 0.29) is 84.7 Å². The number of halogens is 2. The number of aromatic nitrogens is 2. The van der Waals surface area contributed by atoms with Crippen molar-refractivity contribution in [3.05, 3.63) is 170 Å². The van der Waals surface area contributed by atoms with Crippen LogP contribution in [0.15, 0.2) is 104 Å². The summed E-state index contributed by atoms with van der Waals surface area (Å²) in [6.07, 6.45) is 5.54. The zero-order valence-electron chi connectivity index (χ0n) is 28.1. The Kier molecular flexibility index (Phi) is 17.0. The Bertz CT molecular complexity index is 2290. The monoisotopic (exact) mass is 830 g/mol. The van der Waals surface area contributed by atoms with Crippen molar-refractivity contribution in [3.63, 3.8) is 0 Å². The van der Waals surface area contributed by atoms with Gasteiger partial charge in [0.1, 0.15) is 23.7 Å². The largest absolute Gasteiger partial charge is 3.00 e. The molecule has 0 aliphatic carbocycles. The van der Waals surface area contributed by atoms with Gasteiger partial charge in [0.25, 0.3) is 11.8 Å². The molecule has 6 rings (SSSR count). The molecule has 0 saturated carbocycles. The fourth-order valence-corrected chi connectivity index (χ4v) is 4.60. The Morgan fingerprint density at radius 1 is 0.736 bits per heavy atom. The molecule has 53 heavy (non-hydrogen) atoms. The molecule has 0 atom stereocenters. The van der Waals surface area contributed by atoms with Gasteiger partial charge in [-0.15, -0.1) is 6.07 Å². The van der Waals surface area contributed by atoms with E-state index in [2.05, 4.69) is 46.1 Å². The second kappa shape index (κ2) is 21.1. The van der Waals surface area contributed by atoms with Gasteiger partial charge < -0.3 is 38.1 Å². The van der Waals surface area contributed by atoms with Crippen LogP contribution >= 0.6 is 23.2 Å². The van der Waals surface area contributed by atoms with Crippen LogP contribution in [0, 0.1) is 20.8 Å². The first-order chi connectivity index (χ1) is 25.0. The van der Waals surface area contributed by atoms with Gasteiger partial charge in [-0.05, 0) is 41.5 Å². The van der Waals surface area contributed by atoms with Gasteiger partial charge in [-0.25, -0.2) is 4.98 Å². The summed E-state index contributed by atoms with van der Waals surface area (Å²) in [5.74, 6) is -1.08. The Labute approximate surface area is 339 Å². The topological polar surface area (TPSA) is 171 Å². The zero-order valence-corrected chi connectivity index (χ0v) is 32.5. The van der Waals surface area contributed by atoms with E-state index in [9.17, 15) is 24.0 Å². The Hall–Kier alpha value is -4.72. The van der Waals surface area contributed by atoms with Crippen molar-refractivity contribution in [1.29, 1.82) is 0 Å². The summed E-state index contributed by atoms with van der Waals surface area (Å²) in [6, 6.07) is 16.9. The second-order valence-corrected chi connectivity index (χ2v) is 11.5. The summed E-state index contributed by atoms with van der Waals surface area (Å²) < 4.78 is 15.1. The first-order valence-corrected chi connectivity index (χ1v) is 16.1. The second-order valence-electron chi connectivity index (χ2n) is 10.6. The van der Waals surface area contributed by atoms with Crippen LogP contribution < -0.4 is 21.5 Å². The molecule has 0 saturated heterocycles. The Morgan fingerprint density at radius 3 is 1.58 bits per heavy atom. The molecule has 2 aromatic carbocycles. The number of benzene rings is 2. The van der Waals surface area contributed by atoms with Crippen LogP contribution in [0.1, 0.15) is 47.8 Å². The maximum absolute atomic E-state index is 12.4. The molecule has 0 fully saturated rings. The van der Waals surface area contributed by atoms with Gasteiger partial charge in [0.2, 0.25) is 16.9 Å². The van der Waals surface area contributed by atoms with Crippen LogP contribution in [0.25, 0.3) is 22.2 Å². The van der Waals surface area contributed by atoms with E-state index < -0.39 is 22.7 Å². The third-order valence-electron chi connectivity index (χ3n) is 6.98. The van der Waals surface area contributed by atoms with Crippen LogP contribution in [-0.4, -0.2) is 41.3 Å². The maximum Gasteiger partial charge on any atom is 3.00 e. The van der Waals surface area contributed by atoms with Crippen LogP contribution in [0.5, 0.6) is 0 Å². The third-order valence-corrected chi connectivity index (χ3v) is 7.49. The number of hydrogen-bond donors (Lipinski definition) is 2. The third kappa shape index (κ3) is 12.2. The predicted octanol–water partition coefficient (Wildman–Crippen LogP) is 6.21. The molecule has 0 spiro atoms. The minimum absolute atomic E-state index is 0. The number of rotatable bonds is 9. The molecular weight excluding hydrogens is 800 g/mol. The molecule has 2 amide bonds. The minimum atomic E-state index is -0.572. The van der Waals surface area contributed by atoms with E-state index in [4.69, 9.17) is 32.0 Å². The predicted molar refractivity (Wildman–Crippen MR) is 197 cm³/mol. The molecule has 2 N–H and O–H groups in total. The number of nitrogens with one attached hydrogen (secondary N) is 2. The van der Waals surface area contributed by atoms with Gasteiger partial charge in [-0.3, -0.25) is 29.0 Å². The first-order valence-electron chi connectivity index (χ1n) is 15.4. The maximum atomic E-state index is 12.4. The van der Waals surface area contributed by atoms with Gasteiger partial charge in [0.15, 0.2) is 11.7 Å². The number of fused-ring (bicyclic) bond motifs is 2. The Morgan fingerprint density at radius 2 is 1.17 bits per heavy atom. The van der Waals surface area contributed by atoms with Crippen molar-refractivity contribution in [1.82, 2.24) is 20.6 Å². The molecule has 4 aromatic heterocycles. The first kappa shape index (κ1) is 42.7. The van der Waals surface area contributed by atoms with E-state index in [1.807, 2.05) is 0 Å². The fourth-order valence-electron chi connectivity index (χ4n) is 4.34. The summed E-state index contributed by atoms with van der Waals surface area (Å²) in [6.45, 7) is 12.1. The number of pyridine rings is 2. The van der Waals surface area contributed by atoms with Crippen LogP contribution in [-0.2, 0) is 50.5 Å². The molecule has 15 heteroatoms. The van der Waals surface area contributed by atoms with Gasteiger partial charge in [-0.1, -0.05) is 66.9 Å². The number of amides is 2. The van der Waals surface area contributed by atoms with E-state index in [0.717, 1.165) is 23.7 Å². The van der Waals surface area contributed by atoms with Crippen molar-refractivity contribution in [2.45, 2.75) is 13.1 Å². The van der Waals surface area contributed by atoms with E-state index in [0.29, 0.717) is 35.1 Å². The fraction of sp³-hybridized carbons (Fsp3) is 0.105. The molecule has 0 radical (unpaired) electrons. The number of carbonyl (C=O) groups is 3.